The van der Waals surface area contributed by atoms with Crippen molar-refractivity contribution < 1.29 is 19.7 Å². The lowest BCUT2D eigenvalue weighted by Gasteiger charge is -2.18. The van der Waals surface area contributed by atoms with Gasteiger partial charge in [0.1, 0.15) is 6.10 Å². The van der Waals surface area contributed by atoms with Gasteiger partial charge < -0.3 is 20.7 Å². The summed E-state index contributed by atoms with van der Waals surface area (Å²) in [5.74, 6) is -0.563. The Morgan fingerprint density at radius 3 is 2.88 bits per heavy atom. The minimum absolute atomic E-state index is 0.235. The Morgan fingerprint density at radius 2 is 2.29 bits per heavy atom. The Morgan fingerprint density at radius 1 is 1.59 bits per heavy atom. The van der Waals surface area contributed by atoms with Crippen molar-refractivity contribution >= 4 is 11.7 Å². The van der Waals surface area contributed by atoms with Gasteiger partial charge in [-0.2, -0.15) is 0 Å². The van der Waals surface area contributed by atoms with Crippen LogP contribution in [0.15, 0.2) is 18.5 Å². The fourth-order valence-electron chi connectivity index (χ4n) is 1.40. The molecule has 0 bridgehead atoms. The molecule has 0 saturated carbocycles. The molecule has 0 spiro atoms. The van der Waals surface area contributed by atoms with Crippen molar-refractivity contribution in [3.63, 3.8) is 0 Å². The van der Waals surface area contributed by atoms with Gasteiger partial charge in [0.2, 0.25) is 0 Å². The maximum absolute atomic E-state index is 11.1. The number of hydrogen-bond acceptors (Lipinski definition) is 6. The summed E-state index contributed by atoms with van der Waals surface area (Å²) in [6.07, 6.45) is 0.0550. The highest BCUT2D eigenvalue weighted by atomic mass is 16.5. The van der Waals surface area contributed by atoms with E-state index in [1.165, 1.54) is 18.5 Å². The average Bonchev–Trinajstić information content (AvgIpc) is 2.29. The summed E-state index contributed by atoms with van der Waals surface area (Å²) in [5, 5.41) is 19.5. The van der Waals surface area contributed by atoms with E-state index in [-0.39, 0.29) is 18.7 Å². The van der Waals surface area contributed by atoms with Crippen LogP contribution in [-0.2, 0) is 9.53 Å². The maximum atomic E-state index is 11.1. The monoisotopic (exact) mass is 240 g/mol. The second kappa shape index (κ2) is 6.17. The van der Waals surface area contributed by atoms with E-state index in [0.29, 0.717) is 5.56 Å². The molecule has 0 aliphatic rings. The van der Waals surface area contributed by atoms with Gasteiger partial charge in [0, 0.05) is 11.8 Å². The largest absolute Gasteiger partial charge is 0.466 e. The summed E-state index contributed by atoms with van der Waals surface area (Å²) >= 11 is 0. The van der Waals surface area contributed by atoms with Crippen LogP contribution >= 0.6 is 0 Å². The summed E-state index contributed by atoms with van der Waals surface area (Å²) in [6.45, 7) is 1.90. The molecular weight excluding hydrogens is 224 g/mol. The molecule has 1 heterocycles. The van der Waals surface area contributed by atoms with Crippen molar-refractivity contribution in [2.45, 2.75) is 25.6 Å². The van der Waals surface area contributed by atoms with Crippen LogP contribution in [0.2, 0.25) is 0 Å². The molecule has 2 atom stereocenters. The molecule has 0 aliphatic carbocycles. The van der Waals surface area contributed by atoms with Gasteiger partial charge in [-0.15, -0.1) is 0 Å². The maximum Gasteiger partial charge on any atom is 0.308 e. The first-order chi connectivity index (χ1) is 8.06. The molecular formula is C11H16N2O4. The van der Waals surface area contributed by atoms with Crippen molar-refractivity contribution in [2.24, 2.45) is 0 Å². The van der Waals surface area contributed by atoms with Gasteiger partial charge in [0.25, 0.3) is 0 Å². The lowest BCUT2D eigenvalue weighted by Crippen LogP contribution is -2.23. The van der Waals surface area contributed by atoms with Crippen LogP contribution in [-0.4, -0.2) is 33.9 Å². The number of aromatic nitrogens is 1. The van der Waals surface area contributed by atoms with Crippen LogP contribution in [0.25, 0.3) is 0 Å². The van der Waals surface area contributed by atoms with E-state index in [4.69, 9.17) is 5.73 Å². The van der Waals surface area contributed by atoms with E-state index < -0.39 is 18.2 Å². The lowest BCUT2D eigenvalue weighted by molar-refractivity contribution is -0.147. The molecule has 4 N–H and O–H groups in total. The van der Waals surface area contributed by atoms with Crippen LogP contribution in [0.4, 0.5) is 5.69 Å². The molecule has 6 nitrogen and oxygen atoms in total. The van der Waals surface area contributed by atoms with Gasteiger partial charge in [-0.05, 0) is 13.0 Å². The van der Waals surface area contributed by atoms with E-state index in [1.54, 1.807) is 6.92 Å². The standard InChI is InChI=1S/C11H16N2O4/c1-2-17-10(15)5-9(14)11(16)7-3-4-13-6-8(7)12/h3-4,6,9,11,14,16H,2,5,12H2,1H3. The van der Waals surface area contributed by atoms with E-state index in [1.807, 2.05) is 0 Å². The Balaban J connectivity index is 2.67. The molecule has 17 heavy (non-hydrogen) atoms. The second-order valence-corrected chi connectivity index (χ2v) is 3.53. The van der Waals surface area contributed by atoms with Crippen LogP contribution in [0.5, 0.6) is 0 Å². The van der Waals surface area contributed by atoms with Crippen LogP contribution < -0.4 is 5.73 Å². The van der Waals surface area contributed by atoms with Gasteiger partial charge in [-0.1, -0.05) is 0 Å². The molecule has 1 aromatic rings. The predicted molar refractivity (Wildman–Crippen MR) is 60.9 cm³/mol. The fraction of sp³-hybridized carbons (Fsp3) is 0.455. The molecule has 6 heteroatoms. The van der Waals surface area contributed by atoms with Crippen molar-refractivity contribution in [3.8, 4) is 0 Å². The zero-order valence-corrected chi connectivity index (χ0v) is 9.54. The Bertz CT molecular complexity index is 383. The molecule has 1 rings (SSSR count). The molecule has 0 radical (unpaired) electrons. The summed E-state index contributed by atoms with van der Waals surface area (Å²) in [5.41, 5.74) is 6.21. The third-order valence-electron chi connectivity index (χ3n) is 2.25. The average molecular weight is 240 g/mol. The molecule has 0 aliphatic heterocycles. The third kappa shape index (κ3) is 3.69. The van der Waals surface area contributed by atoms with E-state index in [9.17, 15) is 15.0 Å². The zero-order chi connectivity index (χ0) is 12.8. The smallest absolute Gasteiger partial charge is 0.308 e. The number of nitrogens with two attached hydrogens (primary N) is 1. The number of anilines is 1. The quantitative estimate of drug-likeness (QED) is 0.626. The van der Waals surface area contributed by atoms with Crippen molar-refractivity contribution in [1.82, 2.24) is 4.98 Å². The number of nitrogen functional groups attached to an aromatic ring is 1. The predicted octanol–water partition coefficient (Wildman–Crippen LogP) is 0.0113. The first-order valence-corrected chi connectivity index (χ1v) is 5.27. The number of aliphatic hydroxyl groups is 2. The molecule has 2 unspecified atom stereocenters. The molecule has 94 valence electrons. The Labute approximate surface area is 99.0 Å². The summed E-state index contributed by atoms with van der Waals surface area (Å²) in [7, 11) is 0. The first kappa shape index (κ1) is 13.4. The van der Waals surface area contributed by atoms with Gasteiger partial charge >= 0.3 is 5.97 Å². The highest BCUT2D eigenvalue weighted by Gasteiger charge is 2.23. The molecule has 0 saturated heterocycles. The summed E-state index contributed by atoms with van der Waals surface area (Å²) < 4.78 is 4.68. The SMILES string of the molecule is CCOC(=O)CC(O)C(O)c1ccncc1N. The number of rotatable bonds is 5. The third-order valence-corrected chi connectivity index (χ3v) is 2.25. The van der Waals surface area contributed by atoms with Crippen LogP contribution in [0.3, 0.4) is 0 Å². The van der Waals surface area contributed by atoms with Gasteiger partial charge in [0.15, 0.2) is 0 Å². The number of pyridine rings is 1. The first-order valence-electron chi connectivity index (χ1n) is 5.27. The van der Waals surface area contributed by atoms with E-state index in [2.05, 4.69) is 9.72 Å². The highest BCUT2D eigenvalue weighted by molar-refractivity contribution is 5.70. The lowest BCUT2D eigenvalue weighted by atomic mass is 10.0. The van der Waals surface area contributed by atoms with Gasteiger partial charge in [-0.25, -0.2) is 0 Å². The zero-order valence-electron chi connectivity index (χ0n) is 9.54. The van der Waals surface area contributed by atoms with E-state index in [0.717, 1.165) is 0 Å². The number of esters is 1. The topological polar surface area (TPSA) is 106 Å². The van der Waals surface area contributed by atoms with E-state index >= 15 is 0 Å². The number of carbonyl (C=O) groups is 1. The second-order valence-electron chi connectivity index (χ2n) is 3.53. The number of aliphatic hydroxyl groups excluding tert-OH is 2. The number of carbonyl (C=O) groups excluding carboxylic acids is 1. The normalized spacial score (nSPS) is 14.1. The minimum atomic E-state index is -1.25. The fourth-order valence-corrected chi connectivity index (χ4v) is 1.40. The molecule has 1 aromatic heterocycles. The number of ether oxygens (including phenoxy) is 1. The minimum Gasteiger partial charge on any atom is -0.466 e. The van der Waals surface area contributed by atoms with Gasteiger partial charge in [-0.3, -0.25) is 9.78 Å². The van der Waals surface area contributed by atoms with Crippen LogP contribution in [0, 0.1) is 0 Å². The number of hydrogen-bond donors (Lipinski definition) is 3. The van der Waals surface area contributed by atoms with Crippen molar-refractivity contribution in [2.75, 3.05) is 12.3 Å². The van der Waals surface area contributed by atoms with Crippen molar-refractivity contribution in [3.05, 3.63) is 24.0 Å². The molecule has 0 aromatic carbocycles. The Kier molecular flexibility index (Phi) is 4.86. The summed E-state index contributed by atoms with van der Waals surface area (Å²) in [4.78, 5) is 14.9. The van der Waals surface area contributed by atoms with Gasteiger partial charge in [0.05, 0.1) is 31.0 Å². The Hall–Kier alpha value is -1.66. The number of nitrogens with zero attached hydrogens (tertiary/aromatic N) is 1. The van der Waals surface area contributed by atoms with Crippen LogP contribution in [0.1, 0.15) is 25.0 Å². The molecule has 0 fully saturated rings. The molecule has 0 amide bonds. The summed E-state index contributed by atoms with van der Waals surface area (Å²) in [6, 6.07) is 1.49. The highest BCUT2D eigenvalue weighted by Crippen LogP contribution is 2.23. The van der Waals surface area contributed by atoms with Crippen molar-refractivity contribution in [1.29, 1.82) is 0 Å².